The third kappa shape index (κ3) is 2.35. The topological polar surface area (TPSA) is 38.7 Å². The molecule has 0 bridgehead atoms. The minimum absolute atomic E-state index is 0.0211. The van der Waals surface area contributed by atoms with Gasteiger partial charge in [-0.3, -0.25) is 0 Å². The quantitative estimate of drug-likeness (QED) is 0.678. The molecule has 1 N–H and O–H groups in total. The minimum Gasteiger partial charge on any atom is -0.493 e. The summed E-state index contributed by atoms with van der Waals surface area (Å²) in [7, 11) is 4.02. The van der Waals surface area contributed by atoms with E-state index >= 15 is 0 Å². The van der Waals surface area contributed by atoms with Gasteiger partial charge < -0.3 is 19.1 Å². The third-order valence-corrected chi connectivity index (χ3v) is 6.34. The first-order chi connectivity index (χ1) is 11.9. The van der Waals surface area contributed by atoms with Crippen LogP contribution in [0.3, 0.4) is 0 Å². The molecule has 1 aromatic carbocycles. The molecule has 4 heteroatoms. The van der Waals surface area contributed by atoms with Gasteiger partial charge in [0.1, 0.15) is 12.6 Å². The van der Waals surface area contributed by atoms with E-state index in [2.05, 4.69) is 32.7 Å². The number of likely N-dealkylation sites (N-methyl/N-ethyl adjacent to an activating group) is 1. The largest absolute Gasteiger partial charge is 0.493 e. The van der Waals surface area contributed by atoms with Crippen LogP contribution in [0.2, 0.25) is 0 Å². The van der Waals surface area contributed by atoms with Crippen molar-refractivity contribution in [2.75, 3.05) is 27.2 Å². The smallest absolute Gasteiger partial charge is 0.166 e. The summed E-state index contributed by atoms with van der Waals surface area (Å²) >= 11 is 0. The van der Waals surface area contributed by atoms with E-state index in [1.54, 1.807) is 7.11 Å². The molecule has 4 atom stereocenters. The van der Waals surface area contributed by atoms with Crippen LogP contribution in [0.1, 0.15) is 29.5 Å². The second kappa shape index (κ2) is 5.61. The summed E-state index contributed by atoms with van der Waals surface area (Å²) in [4.78, 5) is 0. The Morgan fingerprint density at radius 2 is 2.32 bits per heavy atom. The lowest BCUT2D eigenvalue weighted by molar-refractivity contribution is -0.917. The number of rotatable bonds is 3. The predicted molar refractivity (Wildman–Crippen MR) is 98.0 cm³/mol. The molecular formula is C21H28NO3+. The molecule has 134 valence electrons. The molecule has 0 amide bonds. The Kier molecular flexibility index (Phi) is 3.74. The molecule has 4 rings (SSSR count). The fourth-order valence-electron chi connectivity index (χ4n) is 4.96. The van der Waals surface area contributed by atoms with Gasteiger partial charge >= 0.3 is 0 Å². The van der Waals surface area contributed by atoms with Crippen molar-refractivity contribution in [1.29, 1.82) is 0 Å². The third-order valence-electron chi connectivity index (χ3n) is 6.34. The molecule has 2 heterocycles. The van der Waals surface area contributed by atoms with Crippen LogP contribution in [-0.4, -0.2) is 49.0 Å². The first-order valence-electron chi connectivity index (χ1n) is 9.12. The Labute approximate surface area is 149 Å². The average Bonchev–Trinajstić information content (AvgIpc) is 2.83. The van der Waals surface area contributed by atoms with Crippen molar-refractivity contribution in [2.24, 2.45) is 0 Å². The lowest BCUT2D eigenvalue weighted by Crippen LogP contribution is -2.47. The highest BCUT2D eigenvalue weighted by atomic mass is 16.5. The number of hydrogen-bond acceptors (Lipinski definition) is 3. The zero-order valence-corrected chi connectivity index (χ0v) is 15.4. The highest BCUT2D eigenvalue weighted by Gasteiger charge is 2.55. The lowest BCUT2D eigenvalue weighted by Gasteiger charge is -2.37. The number of quaternary nitrogens is 1. The molecule has 0 aromatic heterocycles. The fraction of sp³-hybridized carbons (Fsp3) is 0.524. The predicted octanol–water partition coefficient (Wildman–Crippen LogP) is 2.86. The van der Waals surface area contributed by atoms with Crippen LogP contribution in [0.25, 0.3) is 0 Å². The molecule has 4 nitrogen and oxygen atoms in total. The summed E-state index contributed by atoms with van der Waals surface area (Å²) in [5, 5.41) is 10.2. The Bertz CT molecular complexity index is 756. The minimum atomic E-state index is -0.433. The normalized spacial score (nSPS) is 35.4. The van der Waals surface area contributed by atoms with Crippen molar-refractivity contribution >= 4 is 0 Å². The Balaban J connectivity index is 1.96. The number of ether oxygens (including phenoxy) is 2. The van der Waals surface area contributed by atoms with Crippen LogP contribution in [0.4, 0.5) is 0 Å². The fourth-order valence-corrected chi connectivity index (χ4v) is 4.96. The second-order valence-electron chi connectivity index (χ2n) is 8.11. The number of aliphatic hydroxyl groups is 1. The van der Waals surface area contributed by atoms with Gasteiger partial charge in [-0.1, -0.05) is 18.7 Å². The molecule has 1 aromatic rings. The monoisotopic (exact) mass is 342 g/mol. The van der Waals surface area contributed by atoms with Gasteiger partial charge in [-0.15, -0.1) is 0 Å². The summed E-state index contributed by atoms with van der Waals surface area (Å²) in [6, 6.07) is 2.10. The van der Waals surface area contributed by atoms with E-state index in [-0.39, 0.29) is 11.5 Å². The Hall–Kier alpha value is -1.78. The summed E-state index contributed by atoms with van der Waals surface area (Å²) < 4.78 is 13.0. The van der Waals surface area contributed by atoms with Crippen molar-refractivity contribution in [3.63, 3.8) is 0 Å². The van der Waals surface area contributed by atoms with E-state index < -0.39 is 6.10 Å². The van der Waals surface area contributed by atoms with Crippen LogP contribution < -0.4 is 9.47 Å². The van der Waals surface area contributed by atoms with Crippen molar-refractivity contribution in [1.82, 2.24) is 0 Å². The van der Waals surface area contributed by atoms with Gasteiger partial charge in [0.15, 0.2) is 11.5 Å². The van der Waals surface area contributed by atoms with Gasteiger partial charge in [-0.05, 0) is 24.6 Å². The molecule has 2 aliphatic heterocycles. The Morgan fingerprint density at radius 3 is 3.04 bits per heavy atom. The highest BCUT2D eigenvalue weighted by molar-refractivity contribution is 5.63. The Morgan fingerprint density at radius 1 is 1.52 bits per heavy atom. The molecule has 1 spiro atoms. The maximum Gasteiger partial charge on any atom is 0.166 e. The molecule has 3 aliphatic rings. The van der Waals surface area contributed by atoms with Gasteiger partial charge in [0.2, 0.25) is 0 Å². The molecule has 0 saturated heterocycles. The van der Waals surface area contributed by atoms with Crippen molar-refractivity contribution in [3.05, 3.63) is 47.6 Å². The molecule has 0 fully saturated rings. The SMILES string of the molecule is C=CC[N+]1(C)CCC23C=CC(O)CC2Oc2c(OC)cc(C)c(c23)C1. The van der Waals surface area contributed by atoms with E-state index in [1.807, 2.05) is 12.2 Å². The van der Waals surface area contributed by atoms with E-state index in [0.717, 1.165) is 42.0 Å². The van der Waals surface area contributed by atoms with Crippen molar-refractivity contribution in [3.8, 4) is 11.5 Å². The standard InChI is InChI=1S/C21H28NO3/c1-5-9-22(3)10-8-21-7-6-15(23)12-18(21)25-20-17(24-4)11-14(2)16(13-22)19(20)21/h5-7,11,15,18,23H,1,8-10,12-13H2,2-4H3/q+1. The van der Waals surface area contributed by atoms with Crippen LogP contribution in [0, 0.1) is 6.92 Å². The summed E-state index contributed by atoms with van der Waals surface area (Å²) in [6.07, 6.45) is 7.39. The first-order valence-corrected chi connectivity index (χ1v) is 9.12. The molecule has 4 unspecified atom stereocenters. The van der Waals surface area contributed by atoms with Gasteiger partial charge in [-0.25, -0.2) is 0 Å². The average molecular weight is 342 g/mol. The maximum absolute atomic E-state index is 10.2. The van der Waals surface area contributed by atoms with Crippen molar-refractivity contribution < 1.29 is 19.1 Å². The second-order valence-corrected chi connectivity index (χ2v) is 8.11. The van der Waals surface area contributed by atoms with Gasteiger partial charge in [-0.2, -0.15) is 0 Å². The first kappa shape index (κ1) is 16.7. The summed E-state index contributed by atoms with van der Waals surface area (Å²) in [6.45, 7) is 9.12. The zero-order valence-electron chi connectivity index (χ0n) is 15.4. The number of benzene rings is 1. The summed E-state index contributed by atoms with van der Waals surface area (Å²) in [5.74, 6) is 1.70. The molecular weight excluding hydrogens is 314 g/mol. The lowest BCUT2D eigenvalue weighted by atomic mass is 9.68. The number of hydrogen-bond donors (Lipinski definition) is 1. The zero-order chi connectivity index (χ0) is 17.8. The number of methoxy groups -OCH3 is 1. The van der Waals surface area contributed by atoms with Crippen molar-refractivity contribution in [2.45, 2.75) is 43.9 Å². The van der Waals surface area contributed by atoms with Crippen LogP contribution in [0.15, 0.2) is 30.9 Å². The molecule has 1 aliphatic carbocycles. The molecule has 25 heavy (non-hydrogen) atoms. The van der Waals surface area contributed by atoms with Crippen LogP contribution in [0.5, 0.6) is 11.5 Å². The van der Waals surface area contributed by atoms with Gasteiger partial charge in [0.25, 0.3) is 0 Å². The van der Waals surface area contributed by atoms with Gasteiger partial charge in [0, 0.05) is 24.0 Å². The number of nitrogens with zero attached hydrogens (tertiary/aromatic N) is 1. The number of aliphatic hydroxyl groups excluding tert-OH is 1. The van der Waals surface area contributed by atoms with Crippen LogP contribution >= 0.6 is 0 Å². The van der Waals surface area contributed by atoms with E-state index in [0.29, 0.717) is 6.42 Å². The van der Waals surface area contributed by atoms with Gasteiger partial charge in [0.05, 0.1) is 38.8 Å². The molecule has 0 radical (unpaired) electrons. The number of aryl methyl sites for hydroxylation is 1. The van der Waals surface area contributed by atoms with E-state index in [9.17, 15) is 5.11 Å². The molecule has 0 saturated carbocycles. The highest BCUT2D eigenvalue weighted by Crippen LogP contribution is 2.57. The van der Waals surface area contributed by atoms with E-state index in [1.165, 1.54) is 16.7 Å². The maximum atomic E-state index is 10.2. The van der Waals surface area contributed by atoms with Crippen LogP contribution in [-0.2, 0) is 12.0 Å². The van der Waals surface area contributed by atoms with E-state index in [4.69, 9.17) is 9.47 Å². The summed E-state index contributed by atoms with van der Waals surface area (Å²) in [5.41, 5.74) is 3.78.